The van der Waals surface area contributed by atoms with E-state index in [1.807, 2.05) is 90.7 Å². The lowest BCUT2D eigenvalue weighted by Gasteiger charge is -2.27. The van der Waals surface area contributed by atoms with E-state index >= 15 is 0 Å². The van der Waals surface area contributed by atoms with E-state index in [9.17, 15) is 0 Å². The molecule has 0 radical (unpaired) electrons. The third-order valence-corrected chi connectivity index (χ3v) is 5.36. The number of hydrogen-bond acceptors (Lipinski definition) is 4. The van der Waals surface area contributed by atoms with Crippen LogP contribution in [0.4, 0.5) is 5.69 Å². The molecule has 0 saturated heterocycles. The van der Waals surface area contributed by atoms with E-state index in [0.717, 1.165) is 35.2 Å². The lowest BCUT2D eigenvalue weighted by atomic mass is 9.99. The molecule has 0 aliphatic carbocycles. The van der Waals surface area contributed by atoms with Crippen LogP contribution < -0.4 is 4.90 Å². The topological polar surface area (TPSA) is 87.1 Å². The van der Waals surface area contributed by atoms with Gasteiger partial charge in [-0.2, -0.15) is 5.26 Å². The van der Waals surface area contributed by atoms with Crippen LogP contribution in [-0.2, 0) is 6.42 Å². The Balaban J connectivity index is 1.81. The van der Waals surface area contributed by atoms with Crippen molar-refractivity contribution in [2.45, 2.75) is 26.2 Å². The second kappa shape index (κ2) is 10.8. The maximum absolute atomic E-state index is 8.95. The van der Waals surface area contributed by atoms with E-state index in [2.05, 4.69) is 11.1 Å². The summed E-state index contributed by atoms with van der Waals surface area (Å²) in [4.78, 5) is 6.18. The second-order valence-corrected chi connectivity index (χ2v) is 7.47. The maximum Gasteiger partial charge on any atom is 0.106 e. The molecule has 160 valence electrons. The highest BCUT2D eigenvalue weighted by molar-refractivity contribution is 6.22. The fourth-order valence-electron chi connectivity index (χ4n) is 3.57. The smallest absolute Gasteiger partial charge is 0.106 e. The van der Waals surface area contributed by atoms with Crippen molar-refractivity contribution in [1.82, 2.24) is 0 Å². The van der Waals surface area contributed by atoms with Gasteiger partial charge in [-0.25, -0.2) is 0 Å². The maximum atomic E-state index is 8.95. The predicted molar refractivity (Wildman–Crippen MR) is 132 cm³/mol. The van der Waals surface area contributed by atoms with E-state index < -0.39 is 0 Å². The summed E-state index contributed by atoms with van der Waals surface area (Å²) < 4.78 is 0. The SMILES string of the molecule is CN=C(C)N(C(=N)CCCc1ccc(C#N)cc1)c1ccccc1C(=N)c1ccccc1. The zero-order chi connectivity index (χ0) is 22.9. The van der Waals surface area contributed by atoms with Gasteiger partial charge in [-0.15, -0.1) is 0 Å². The summed E-state index contributed by atoms with van der Waals surface area (Å²) in [5, 5.41) is 26.5. The van der Waals surface area contributed by atoms with Crippen molar-refractivity contribution >= 4 is 23.1 Å². The van der Waals surface area contributed by atoms with Crippen molar-refractivity contribution in [3.05, 3.63) is 101 Å². The molecule has 0 aliphatic heterocycles. The highest BCUT2D eigenvalue weighted by atomic mass is 15.2. The molecule has 0 bridgehead atoms. The molecule has 0 amide bonds. The van der Waals surface area contributed by atoms with Crippen molar-refractivity contribution in [2.24, 2.45) is 4.99 Å². The van der Waals surface area contributed by atoms with Gasteiger partial charge in [0, 0.05) is 24.6 Å². The number of rotatable bonds is 7. The lowest BCUT2D eigenvalue weighted by molar-refractivity contribution is 0.855. The molecule has 5 heteroatoms. The van der Waals surface area contributed by atoms with Gasteiger partial charge in [0.2, 0.25) is 0 Å². The molecule has 3 rings (SSSR count). The molecular weight excluding hydrogens is 394 g/mol. The Morgan fingerprint density at radius 1 is 0.938 bits per heavy atom. The van der Waals surface area contributed by atoms with E-state index in [1.54, 1.807) is 7.05 Å². The van der Waals surface area contributed by atoms with Crippen molar-refractivity contribution in [2.75, 3.05) is 11.9 Å². The van der Waals surface area contributed by atoms with Gasteiger partial charge in [-0.05, 0) is 43.5 Å². The molecule has 5 nitrogen and oxygen atoms in total. The first-order valence-corrected chi connectivity index (χ1v) is 10.6. The van der Waals surface area contributed by atoms with Crippen LogP contribution in [0.15, 0.2) is 83.9 Å². The number of benzene rings is 3. The van der Waals surface area contributed by atoms with Gasteiger partial charge in [0.15, 0.2) is 0 Å². The normalized spacial score (nSPS) is 11.0. The molecule has 2 N–H and O–H groups in total. The Labute approximate surface area is 189 Å². The average Bonchev–Trinajstić information content (AvgIpc) is 2.85. The fourth-order valence-corrected chi connectivity index (χ4v) is 3.57. The summed E-state index contributed by atoms with van der Waals surface area (Å²) in [5.41, 5.74) is 4.60. The summed E-state index contributed by atoms with van der Waals surface area (Å²) in [5.74, 6) is 1.15. The number of amidine groups is 2. The van der Waals surface area contributed by atoms with Crippen molar-refractivity contribution in [1.29, 1.82) is 16.1 Å². The molecule has 0 aliphatic rings. The molecule has 0 unspecified atom stereocenters. The van der Waals surface area contributed by atoms with Crippen LogP contribution in [0.5, 0.6) is 0 Å². The number of aryl methyl sites for hydroxylation is 1. The summed E-state index contributed by atoms with van der Waals surface area (Å²) in [6.45, 7) is 1.89. The minimum Gasteiger partial charge on any atom is -0.300 e. The highest BCUT2D eigenvalue weighted by Crippen LogP contribution is 2.25. The van der Waals surface area contributed by atoms with Gasteiger partial charge < -0.3 is 0 Å². The molecule has 0 aromatic heterocycles. The quantitative estimate of drug-likeness (QED) is 0.371. The van der Waals surface area contributed by atoms with Gasteiger partial charge in [0.1, 0.15) is 11.7 Å². The lowest BCUT2D eigenvalue weighted by Crippen LogP contribution is -2.36. The Bertz CT molecular complexity index is 1150. The van der Waals surface area contributed by atoms with Gasteiger partial charge >= 0.3 is 0 Å². The van der Waals surface area contributed by atoms with Gasteiger partial charge in [-0.1, -0.05) is 60.7 Å². The van der Waals surface area contributed by atoms with Crippen LogP contribution >= 0.6 is 0 Å². The first kappa shape index (κ1) is 22.6. The molecule has 0 fully saturated rings. The summed E-state index contributed by atoms with van der Waals surface area (Å²) in [6.07, 6.45) is 2.20. The zero-order valence-electron chi connectivity index (χ0n) is 18.5. The fraction of sp³-hybridized carbons (Fsp3) is 0.185. The zero-order valence-corrected chi connectivity index (χ0v) is 18.5. The number of nitriles is 1. The third-order valence-electron chi connectivity index (χ3n) is 5.36. The molecular formula is C27H27N5. The van der Waals surface area contributed by atoms with Gasteiger partial charge in [0.25, 0.3) is 0 Å². The predicted octanol–water partition coefficient (Wildman–Crippen LogP) is 5.83. The molecule has 3 aromatic carbocycles. The number of hydrogen-bond donors (Lipinski definition) is 2. The second-order valence-electron chi connectivity index (χ2n) is 7.47. The number of nitrogens with zero attached hydrogens (tertiary/aromatic N) is 3. The third kappa shape index (κ3) is 5.35. The molecule has 3 aromatic rings. The Hall–Kier alpha value is -4.04. The minimum absolute atomic E-state index is 0.417. The van der Waals surface area contributed by atoms with Gasteiger partial charge in [-0.3, -0.25) is 20.7 Å². The van der Waals surface area contributed by atoms with E-state index in [-0.39, 0.29) is 0 Å². The van der Waals surface area contributed by atoms with Crippen LogP contribution in [-0.4, -0.2) is 24.4 Å². The summed E-state index contributed by atoms with van der Waals surface area (Å²) in [6, 6.07) is 27.1. The van der Waals surface area contributed by atoms with Crippen LogP contribution in [0.2, 0.25) is 0 Å². The van der Waals surface area contributed by atoms with E-state index in [0.29, 0.717) is 29.4 Å². The number of nitrogens with one attached hydrogen (secondary N) is 2. The standard InChI is InChI=1S/C27H27N5/c1-20(31-2)32(26(29)14-8-9-21-15-17-22(19-28)18-16-21)25-13-7-6-12-24(25)27(30)23-10-4-3-5-11-23/h3-7,10-13,15-18,29-30H,8-9,14H2,1-2H3. The number of para-hydroxylation sites is 1. The summed E-state index contributed by atoms with van der Waals surface area (Å²) >= 11 is 0. The minimum atomic E-state index is 0.417. The van der Waals surface area contributed by atoms with E-state index in [1.165, 1.54) is 0 Å². The van der Waals surface area contributed by atoms with Crippen LogP contribution in [0.1, 0.15) is 42.0 Å². The molecule has 0 heterocycles. The Morgan fingerprint density at radius 3 is 2.25 bits per heavy atom. The van der Waals surface area contributed by atoms with Crippen LogP contribution in [0, 0.1) is 22.1 Å². The van der Waals surface area contributed by atoms with Crippen molar-refractivity contribution in [3.63, 3.8) is 0 Å². The largest absolute Gasteiger partial charge is 0.300 e. The first-order chi connectivity index (χ1) is 15.5. The van der Waals surface area contributed by atoms with E-state index in [4.69, 9.17) is 16.1 Å². The Kier molecular flexibility index (Phi) is 7.66. The molecule has 32 heavy (non-hydrogen) atoms. The average molecular weight is 422 g/mol. The van der Waals surface area contributed by atoms with Crippen molar-refractivity contribution < 1.29 is 0 Å². The Morgan fingerprint density at radius 2 is 1.59 bits per heavy atom. The monoisotopic (exact) mass is 421 g/mol. The van der Waals surface area contributed by atoms with Crippen molar-refractivity contribution in [3.8, 4) is 6.07 Å². The molecule has 0 saturated carbocycles. The number of aliphatic imine (C=N–C) groups is 1. The number of anilines is 1. The van der Waals surface area contributed by atoms with Crippen LogP contribution in [0.3, 0.4) is 0 Å². The molecule has 0 atom stereocenters. The molecule has 0 spiro atoms. The highest BCUT2D eigenvalue weighted by Gasteiger charge is 2.20. The van der Waals surface area contributed by atoms with Gasteiger partial charge in [0.05, 0.1) is 23.0 Å². The summed E-state index contributed by atoms with van der Waals surface area (Å²) in [7, 11) is 1.72. The first-order valence-electron chi connectivity index (χ1n) is 10.6. The van der Waals surface area contributed by atoms with Crippen LogP contribution in [0.25, 0.3) is 0 Å².